The van der Waals surface area contributed by atoms with E-state index in [4.69, 9.17) is 4.74 Å². The highest BCUT2D eigenvalue weighted by molar-refractivity contribution is 5.68. The molecule has 1 aliphatic heterocycles. The van der Waals surface area contributed by atoms with Gasteiger partial charge in [0.2, 0.25) is 0 Å². The third kappa shape index (κ3) is 2.93. The summed E-state index contributed by atoms with van der Waals surface area (Å²) in [5.41, 5.74) is 1.56. The molecule has 0 unspecified atom stereocenters. The Kier molecular flexibility index (Phi) is 3.56. The Bertz CT molecular complexity index is 675. The normalized spacial score (nSPS) is 14.6. The molecule has 1 amide bonds. The van der Waals surface area contributed by atoms with Crippen LogP contribution in [0.15, 0.2) is 24.7 Å². The van der Waals surface area contributed by atoms with E-state index >= 15 is 0 Å². The maximum Gasteiger partial charge on any atom is 0.410 e. The SMILES string of the molecule is CC(C)(C)OC(=O)N1CCc2c(cnn2-c2ncccn2)C1. The molecule has 0 spiro atoms. The third-order valence-electron chi connectivity index (χ3n) is 3.33. The summed E-state index contributed by atoms with van der Waals surface area (Å²) in [4.78, 5) is 22.3. The van der Waals surface area contributed by atoms with E-state index in [1.165, 1.54) is 0 Å². The van der Waals surface area contributed by atoms with Crippen molar-refractivity contribution in [1.82, 2.24) is 24.6 Å². The van der Waals surface area contributed by atoms with Gasteiger partial charge in [-0.1, -0.05) is 0 Å². The molecule has 0 aromatic carbocycles. The lowest BCUT2D eigenvalue weighted by Crippen LogP contribution is -2.40. The molecule has 116 valence electrons. The fourth-order valence-corrected chi connectivity index (χ4v) is 2.39. The number of ether oxygens (including phenoxy) is 1. The van der Waals surface area contributed by atoms with E-state index in [0.717, 1.165) is 11.3 Å². The molecule has 0 bridgehead atoms. The van der Waals surface area contributed by atoms with Crippen LogP contribution in [-0.4, -0.2) is 42.9 Å². The van der Waals surface area contributed by atoms with Crippen LogP contribution in [-0.2, 0) is 17.7 Å². The zero-order chi connectivity index (χ0) is 15.7. The smallest absolute Gasteiger partial charge is 0.410 e. The zero-order valence-corrected chi connectivity index (χ0v) is 13.0. The van der Waals surface area contributed by atoms with E-state index < -0.39 is 5.60 Å². The van der Waals surface area contributed by atoms with Gasteiger partial charge in [-0.2, -0.15) is 5.10 Å². The molecule has 3 rings (SSSR count). The summed E-state index contributed by atoms with van der Waals surface area (Å²) in [7, 11) is 0. The van der Waals surface area contributed by atoms with Crippen molar-refractivity contribution >= 4 is 6.09 Å². The van der Waals surface area contributed by atoms with Gasteiger partial charge in [-0.3, -0.25) is 0 Å². The average molecular weight is 301 g/mol. The first-order valence-electron chi connectivity index (χ1n) is 7.25. The van der Waals surface area contributed by atoms with E-state index in [1.54, 1.807) is 34.2 Å². The van der Waals surface area contributed by atoms with Gasteiger partial charge in [0, 0.05) is 30.9 Å². The van der Waals surface area contributed by atoms with Crippen LogP contribution in [0.2, 0.25) is 0 Å². The Hall–Kier alpha value is -2.44. The molecule has 0 saturated carbocycles. The van der Waals surface area contributed by atoms with E-state index in [2.05, 4.69) is 15.1 Å². The molecule has 0 saturated heterocycles. The van der Waals surface area contributed by atoms with Gasteiger partial charge in [0.15, 0.2) is 0 Å². The molecule has 2 aromatic heterocycles. The molecule has 0 atom stereocenters. The largest absolute Gasteiger partial charge is 0.444 e. The monoisotopic (exact) mass is 301 g/mol. The minimum atomic E-state index is -0.487. The highest BCUT2D eigenvalue weighted by atomic mass is 16.6. The number of carbonyl (C=O) groups is 1. The Morgan fingerprint density at radius 2 is 2.00 bits per heavy atom. The second-order valence-corrected chi connectivity index (χ2v) is 6.23. The number of fused-ring (bicyclic) bond motifs is 1. The summed E-state index contributed by atoms with van der Waals surface area (Å²) in [6.07, 6.45) is 5.55. The summed E-state index contributed by atoms with van der Waals surface area (Å²) in [6.45, 7) is 6.69. The molecular formula is C15H19N5O2. The van der Waals surface area contributed by atoms with E-state index in [-0.39, 0.29) is 6.09 Å². The second kappa shape index (κ2) is 5.40. The zero-order valence-electron chi connectivity index (χ0n) is 13.0. The molecule has 1 aliphatic rings. The lowest BCUT2D eigenvalue weighted by molar-refractivity contribution is 0.0223. The number of nitrogens with zero attached hydrogens (tertiary/aromatic N) is 5. The highest BCUT2D eigenvalue weighted by Crippen LogP contribution is 2.22. The second-order valence-electron chi connectivity index (χ2n) is 6.23. The van der Waals surface area contributed by atoms with Crippen molar-refractivity contribution in [2.45, 2.75) is 39.3 Å². The number of hydrogen-bond acceptors (Lipinski definition) is 5. The van der Waals surface area contributed by atoms with Gasteiger partial charge in [0.1, 0.15) is 5.60 Å². The van der Waals surface area contributed by atoms with Crippen LogP contribution in [0.1, 0.15) is 32.0 Å². The number of rotatable bonds is 1. The first-order valence-corrected chi connectivity index (χ1v) is 7.25. The van der Waals surface area contributed by atoms with Crippen molar-refractivity contribution in [3.8, 4) is 5.95 Å². The lowest BCUT2D eigenvalue weighted by Gasteiger charge is -2.30. The van der Waals surface area contributed by atoms with Crippen LogP contribution in [0.3, 0.4) is 0 Å². The number of amides is 1. The van der Waals surface area contributed by atoms with Crippen LogP contribution >= 0.6 is 0 Å². The van der Waals surface area contributed by atoms with Gasteiger partial charge in [-0.25, -0.2) is 19.4 Å². The van der Waals surface area contributed by atoms with Crippen LogP contribution in [0.25, 0.3) is 5.95 Å². The predicted molar refractivity (Wildman–Crippen MR) is 79.5 cm³/mol. The highest BCUT2D eigenvalue weighted by Gasteiger charge is 2.28. The average Bonchev–Trinajstić information content (AvgIpc) is 2.89. The Morgan fingerprint density at radius 3 is 2.68 bits per heavy atom. The van der Waals surface area contributed by atoms with Gasteiger partial charge in [0.05, 0.1) is 18.4 Å². The Labute approximate surface area is 128 Å². The molecule has 22 heavy (non-hydrogen) atoms. The van der Waals surface area contributed by atoms with E-state index in [0.29, 0.717) is 25.5 Å². The molecule has 2 aromatic rings. The van der Waals surface area contributed by atoms with Crippen LogP contribution in [0, 0.1) is 0 Å². The Morgan fingerprint density at radius 1 is 1.27 bits per heavy atom. The van der Waals surface area contributed by atoms with Crippen LogP contribution in [0.5, 0.6) is 0 Å². The standard InChI is InChI=1S/C15H19N5O2/c1-15(2,3)22-14(21)19-8-5-12-11(10-19)9-18-20(12)13-16-6-4-7-17-13/h4,6-7,9H,5,8,10H2,1-3H3. The summed E-state index contributed by atoms with van der Waals surface area (Å²) in [6, 6.07) is 1.77. The van der Waals surface area contributed by atoms with Crippen LogP contribution in [0.4, 0.5) is 4.79 Å². The predicted octanol–water partition coefficient (Wildman–Crippen LogP) is 1.96. The molecule has 0 aliphatic carbocycles. The quantitative estimate of drug-likeness (QED) is 0.805. The number of aromatic nitrogens is 4. The molecule has 3 heterocycles. The number of carbonyl (C=O) groups excluding carboxylic acids is 1. The third-order valence-corrected chi connectivity index (χ3v) is 3.33. The van der Waals surface area contributed by atoms with Gasteiger partial charge in [-0.05, 0) is 26.8 Å². The van der Waals surface area contributed by atoms with Gasteiger partial charge in [0.25, 0.3) is 5.95 Å². The van der Waals surface area contributed by atoms with Crippen molar-refractivity contribution in [2.24, 2.45) is 0 Å². The first kappa shape index (κ1) is 14.5. The van der Waals surface area contributed by atoms with E-state index in [1.807, 2.05) is 20.8 Å². The summed E-state index contributed by atoms with van der Waals surface area (Å²) < 4.78 is 7.16. The summed E-state index contributed by atoms with van der Waals surface area (Å²) >= 11 is 0. The van der Waals surface area contributed by atoms with Crippen molar-refractivity contribution in [1.29, 1.82) is 0 Å². The molecule has 0 fully saturated rings. The molecule has 0 radical (unpaired) electrons. The van der Waals surface area contributed by atoms with Gasteiger partial charge < -0.3 is 9.64 Å². The van der Waals surface area contributed by atoms with Crippen molar-refractivity contribution < 1.29 is 9.53 Å². The molecule has 7 heteroatoms. The van der Waals surface area contributed by atoms with Gasteiger partial charge >= 0.3 is 6.09 Å². The molecule has 7 nitrogen and oxygen atoms in total. The molecule has 0 N–H and O–H groups in total. The minimum absolute atomic E-state index is 0.290. The van der Waals surface area contributed by atoms with E-state index in [9.17, 15) is 4.79 Å². The summed E-state index contributed by atoms with van der Waals surface area (Å²) in [5.74, 6) is 0.550. The topological polar surface area (TPSA) is 73.1 Å². The first-order chi connectivity index (χ1) is 10.4. The van der Waals surface area contributed by atoms with Crippen LogP contribution < -0.4 is 0 Å². The van der Waals surface area contributed by atoms with Crippen molar-refractivity contribution in [3.05, 3.63) is 35.9 Å². The maximum atomic E-state index is 12.2. The van der Waals surface area contributed by atoms with Crippen molar-refractivity contribution in [3.63, 3.8) is 0 Å². The van der Waals surface area contributed by atoms with Crippen molar-refractivity contribution in [2.75, 3.05) is 6.54 Å². The fraction of sp³-hybridized carbons (Fsp3) is 0.467. The molecular weight excluding hydrogens is 282 g/mol. The summed E-state index contributed by atoms with van der Waals surface area (Å²) in [5, 5.41) is 4.35. The Balaban J connectivity index is 1.78. The maximum absolute atomic E-state index is 12.2. The fourth-order valence-electron chi connectivity index (χ4n) is 2.39. The minimum Gasteiger partial charge on any atom is -0.444 e. The number of hydrogen-bond donors (Lipinski definition) is 0. The van der Waals surface area contributed by atoms with Gasteiger partial charge in [-0.15, -0.1) is 0 Å². The lowest BCUT2D eigenvalue weighted by atomic mass is 10.1.